The number of halogens is 3. The summed E-state index contributed by atoms with van der Waals surface area (Å²) in [6.45, 7) is 1.60. The van der Waals surface area contributed by atoms with Crippen molar-refractivity contribution in [2.75, 3.05) is 5.75 Å². The number of nitrogens with one attached hydrogen (secondary N) is 1. The van der Waals surface area contributed by atoms with Crippen molar-refractivity contribution in [1.82, 2.24) is 20.0 Å². The molecule has 0 unspecified atom stereocenters. The van der Waals surface area contributed by atoms with Crippen LogP contribution in [0.3, 0.4) is 0 Å². The molecule has 2 amide bonds. The SMILES string of the molecule is CC1=C(C(=O)O)N2C(=O)[C@@H](NC(=O)c3cc(C(F)(F)F)nn3C)[C@H]2SC1. The first-order valence-corrected chi connectivity index (χ1v) is 8.37. The summed E-state index contributed by atoms with van der Waals surface area (Å²) in [4.78, 5) is 36.9. The van der Waals surface area contributed by atoms with Gasteiger partial charge in [0.25, 0.3) is 11.8 Å². The highest BCUT2D eigenvalue weighted by atomic mass is 32.2. The van der Waals surface area contributed by atoms with Crippen LogP contribution in [0.1, 0.15) is 23.1 Å². The van der Waals surface area contributed by atoms with Crippen LogP contribution in [-0.4, -0.2) is 54.7 Å². The van der Waals surface area contributed by atoms with Gasteiger partial charge >= 0.3 is 12.1 Å². The summed E-state index contributed by atoms with van der Waals surface area (Å²) in [6.07, 6.45) is -4.70. The lowest BCUT2D eigenvalue weighted by molar-refractivity contribution is -0.148. The highest BCUT2D eigenvalue weighted by Gasteiger charge is 2.54. The van der Waals surface area contributed by atoms with E-state index in [1.807, 2.05) is 0 Å². The molecule has 8 nitrogen and oxygen atoms in total. The van der Waals surface area contributed by atoms with Crippen LogP contribution in [0.2, 0.25) is 0 Å². The zero-order valence-electron chi connectivity index (χ0n) is 13.5. The minimum atomic E-state index is -4.70. The molecule has 1 fully saturated rings. The summed E-state index contributed by atoms with van der Waals surface area (Å²) in [5.74, 6) is -2.39. The molecule has 3 rings (SSSR count). The Morgan fingerprint density at radius 1 is 1.42 bits per heavy atom. The minimum Gasteiger partial charge on any atom is -0.477 e. The zero-order valence-corrected chi connectivity index (χ0v) is 14.3. The van der Waals surface area contributed by atoms with Crippen molar-refractivity contribution >= 4 is 29.5 Å². The van der Waals surface area contributed by atoms with Gasteiger partial charge in [0, 0.05) is 18.9 Å². The maximum Gasteiger partial charge on any atom is 0.435 e. The lowest BCUT2D eigenvalue weighted by Crippen LogP contribution is -2.70. The number of carboxylic acid groups (broad SMARTS) is 1. The number of carbonyl (C=O) groups excluding carboxylic acids is 2. The molecule has 2 N–H and O–H groups in total. The van der Waals surface area contributed by atoms with Crippen LogP contribution in [0, 0.1) is 0 Å². The van der Waals surface area contributed by atoms with E-state index in [1.165, 1.54) is 18.8 Å². The Hall–Kier alpha value is -2.50. The number of nitrogens with zero attached hydrogens (tertiary/aromatic N) is 3. The Balaban J connectivity index is 1.78. The number of hydrogen-bond acceptors (Lipinski definition) is 5. The molecule has 2 atom stereocenters. The second-order valence-electron chi connectivity index (χ2n) is 5.83. The predicted octanol–water partition coefficient (Wildman–Crippen LogP) is 0.811. The molecule has 0 spiro atoms. The van der Waals surface area contributed by atoms with Crippen LogP contribution < -0.4 is 5.32 Å². The number of aromatic nitrogens is 2. The molecular formula is C14H13F3N4O4S. The molecule has 0 bridgehead atoms. The van der Waals surface area contributed by atoms with Gasteiger partial charge in [0.2, 0.25) is 0 Å². The highest BCUT2D eigenvalue weighted by Crippen LogP contribution is 2.40. The molecule has 0 aliphatic carbocycles. The van der Waals surface area contributed by atoms with Gasteiger partial charge in [-0.05, 0) is 12.5 Å². The average molecular weight is 390 g/mol. The van der Waals surface area contributed by atoms with Crippen LogP contribution in [-0.2, 0) is 22.8 Å². The second kappa shape index (κ2) is 6.04. The third-order valence-electron chi connectivity index (χ3n) is 4.05. The fourth-order valence-electron chi connectivity index (χ4n) is 2.81. The van der Waals surface area contributed by atoms with Gasteiger partial charge < -0.3 is 10.4 Å². The quantitative estimate of drug-likeness (QED) is 0.741. The minimum absolute atomic E-state index is 0.121. The van der Waals surface area contributed by atoms with Crippen molar-refractivity contribution < 1.29 is 32.7 Å². The fraction of sp³-hybridized carbons (Fsp3) is 0.429. The molecule has 2 aliphatic rings. The van der Waals surface area contributed by atoms with Crippen molar-refractivity contribution in [1.29, 1.82) is 0 Å². The van der Waals surface area contributed by atoms with Gasteiger partial charge in [-0.1, -0.05) is 0 Å². The van der Waals surface area contributed by atoms with Gasteiger partial charge in [-0.25, -0.2) is 4.79 Å². The molecule has 3 heterocycles. The van der Waals surface area contributed by atoms with E-state index in [0.29, 0.717) is 17.4 Å². The van der Waals surface area contributed by atoms with Gasteiger partial charge in [0.15, 0.2) is 5.69 Å². The summed E-state index contributed by atoms with van der Waals surface area (Å²) in [7, 11) is 1.18. The monoisotopic (exact) mass is 390 g/mol. The molecule has 0 radical (unpaired) electrons. The molecule has 26 heavy (non-hydrogen) atoms. The zero-order chi connectivity index (χ0) is 19.4. The van der Waals surface area contributed by atoms with E-state index in [4.69, 9.17) is 0 Å². The standard InChI is InChI=1S/C14H13F3N4O4S/c1-5-4-26-12-8(11(23)21(12)9(5)13(24)25)18-10(22)6-3-7(14(15,16)17)19-20(6)2/h3,8,12H,4H2,1-2H3,(H,18,22)(H,24,25)/t8-,12-/m1/s1. The Morgan fingerprint density at radius 2 is 2.08 bits per heavy atom. The summed E-state index contributed by atoms with van der Waals surface area (Å²) in [5.41, 5.74) is -1.16. The van der Waals surface area contributed by atoms with E-state index >= 15 is 0 Å². The second-order valence-corrected chi connectivity index (χ2v) is 6.94. The van der Waals surface area contributed by atoms with E-state index in [1.54, 1.807) is 6.92 Å². The fourth-order valence-corrected chi connectivity index (χ4v) is 4.10. The van der Waals surface area contributed by atoms with Crippen LogP contribution in [0.25, 0.3) is 0 Å². The molecule has 1 aromatic heterocycles. The van der Waals surface area contributed by atoms with Crippen LogP contribution in [0.5, 0.6) is 0 Å². The largest absolute Gasteiger partial charge is 0.477 e. The van der Waals surface area contributed by atoms with Crippen molar-refractivity contribution in [3.05, 3.63) is 28.7 Å². The lowest BCUT2D eigenvalue weighted by Gasteiger charge is -2.49. The molecule has 0 saturated carbocycles. The maximum absolute atomic E-state index is 12.7. The third-order valence-corrected chi connectivity index (χ3v) is 5.48. The van der Waals surface area contributed by atoms with Crippen molar-refractivity contribution in [3.8, 4) is 0 Å². The lowest BCUT2D eigenvalue weighted by atomic mass is 10.0. The van der Waals surface area contributed by atoms with Crippen LogP contribution in [0.4, 0.5) is 13.2 Å². The van der Waals surface area contributed by atoms with E-state index in [-0.39, 0.29) is 11.4 Å². The van der Waals surface area contributed by atoms with Gasteiger partial charge in [0.1, 0.15) is 22.8 Å². The highest BCUT2D eigenvalue weighted by molar-refractivity contribution is 8.00. The van der Waals surface area contributed by atoms with E-state index in [0.717, 1.165) is 9.58 Å². The van der Waals surface area contributed by atoms with Crippen molar-refractivity contribution in [2.24, 2.45) is 7.05 Å². The number of amides is 2. The van der Waals surface area contributed by atoms with Crippen molar-refractivity contribution in [3.63, 3.8) is 0 Å². The first kappa shape index (κ1) is 18.3. The first-order chi connectivity index (χ1) is 12.0. The van der Waals surface area contributed by atoms with Gasteiger partial charge in [-0.3, -0.25) is 19.2 Å². The normalized spacial score (nSPS) is 22.8. The third kappa shape index (κ3) is 2.83. The van der Waals surface area contributed by atoms with Crippen LogP contribution >= 0.6 is 11.8 Å². The van der Waals surface area contributed by atoms with E-state index in [2.05, 4.69) is 10.4 Å². The van der Waals surface area contributed by atoms with E-state index in [9.17, 15) is 32.7 Å². The number of aliphatic carboxylic acids is 1. The number of carbonyl (C=O) groups is 3. The van der Waals surface area contributed by atoms with E-state index < -0.39 is 41.1 Å². The number of thioether (sulfide) groups is 1. The molecule has 1 saturated heterocycles. The average Bonchev–Trinajstić information content (AvgIpc) is 2.94. The molecule has 0 aromatic carbocycles. The van der Waals surface area contributed by atoms with Gasteiger partial charge in [-0.15, -0.1) is 11.8 Å². The van der Waals surface area contributed by atoms with Crippen molar-refractivity contribution in [2.45, 2.75) is 24.5 Å². The Kier molecular flexibility index (Phi) is 4.25. The maximum atomic E-state index is 12.7. The molecule has 1 aromatic rings. The molecule has 140 valence electrons. The molecule has 2 aliphatic heterocycles. The van der Waals surface area contributed by atoms with Gasteiger partial charge in [-0.2, -0.15) is 18.3 Å². The Labute approximate surface area is 149 Å². The molecular weight excluding hydrogens is 377 g/mol. The summed E-state index contributed by atoms with van der Waals surface area (Å²) in [6, 6.07) is -0.420. The smallest absolute Gasteiger partial charge is 0.435 e. The van der Waals surface area contributed by atoms with Gasteiger partial charge in [0.05, 0.1) is 0 Å². The number of carboxylic acids is 1. The van der Waals surface area contributed by atoms with Crippen LogP contribution in [0.15, 0.2) is 17.3 Å². The number of fused-ring (bicyclic) bond motifs is 1. The number of rotatable bonds is 3. The number of β-lactam (4-membered cyclic amide) rings is 1. The predicted molar refractivity (Wildman–Crippen MR) is 82.9 cm³/mol. The number of alkyl halides is 3. The molecule has 12 heteroatoms. The number of hydrogen-bond donors (Lipinski definition) is 2. The topological polar surface area (TPSA) is 105 Å². The summed E-state index contributed by atoms with van der Waals surface area (Å²) < 4.78 is 38.9. The summed E-state index contributed by atoms with van der Waals surface area (Å²) in [5, 5.41) is 14.2. The number of aryl methyl sites for hydroxylation is 1. The summed E-state index contributed by atoms with van der Waals surface area (Å²) >= 11 is 1.27. The Bertz CT molecular complexity index is 848. The Morgan fingerprint density at radius 3 is 2.62 bits per heavy atom. The first-order valence-electron chi connectivity index (χ1n) is 7.32.